The summed E-state index contributed by atoms with van der Waals surface area (Å²) < 4.78 is 2.11. The van der Waals surface area contributed by atoms with Gasteiger partial charge in [-0.15, -0.1) is 11.3 Å². The predicted octanol–water partition coefficient (Wildman–Crippen LogP) is 8.93. The summed E-state index contributed by atoms with van der Waals surface area (Å²) in [7, 11) is 0. The van der Waals surface area contributed by atoms with Crippen LogP contribution in [0.15, 0.2) is 103 Å². The number of piperidine rings is 1. The monoisotopic (exact) mass is 1090 g/mol. The number of thiazole rings is 1. The van der Waals surface area contributed by atoms with Gasteiger partial charge in [-0.05, 0) is 105 Å². The normalized spacial score (nSPS) is 18.8. The maximum absolute atomic E-state index is 14.2. The first-order valence-electron chi connectivity index (χ1n) is 28.0. The Labute approximate surface area is 468 Å². The number of rotatable bonds is 21. The summed E-state index contributed by atoms with van der Waals surface area (Å²) in [5.74, 6) is 0.175. The molecule has 3 aromatic carbocycles. The zero-order valence-corrected chi connectivity index (χ0v) is 47.2. The Balaban J connectivity index is 0.688. The number of hydrogen-bond donors (Lipinski definition) is 5. The first kappa shape index (κ1) is 56.5. The van der Waals surface area contributed by atoms with E-state index in [1.807, 2.05) is 99.6 Å². The molecule has 6 heterocycles. The minimum Gasteiger partial charge on any atom is -0.391 e. The summed E-state index contributed by atoms with van der Waals surface area (Å²) in [5, 5.41) is 23.7. The van der Waals surface area contributed by atoms with E-state index in [0.717, 1.165) is 111 Å². The van der Waals surface area contributed by atoms with E-state index in [9.17, 15) is 24.3 Å². The fourth-order valence-corrected chi connectivity index (χ4v) is 11.9. The van der Waals surface area contributed by atoms with E-state index in [0.29, 0.717) is 42.6 Å². The molecule has 0 saturated carbocycles. The van der Waals surface area contributed by atoms with Crippen LogP contribution in [-0.4, -0.2) is 138 Å². The molecule has 19 heteroatoms. The number of amides is 4. The van der Waals surface area contributed by atoms with Crippen molar-refractivity contribution in [2.24, 2.45) is 5.41 Å². The number of likely N-dealkylation sites (tertiary alicyclic amines) is 2. The van der Waals surface area contributed by atoms with Gasteiger partial charge in [-0.25, -0.2) is 15.0 Å². The van der Waals surface area contributed by atoms with Gasteiger partial charge in [0, 0.05) is 75.7 Å². The molecule has 6 aromatic rings. The van der Waals surface area contributed by atoms with Crippen molar-refractivity contribution in [2.45, 2.75) is 123 Å². The van der Waals surface area contributed by atoms with Crippen molar-refractivity contribution in [2.75, 3.05) is 67.9 Å². The Morgan fingerprint density at radius 2 is 1.56 bits per heavy atom. The molecule has 4 amide bonds. The van der Waals surface area contributed by atoms with E-state index in [2.05, 4.69) is 76.4 Å². The number of unbranched alkanes of at least 4 members (excludes halogenated alkanes) is 4. The quantitative estimate of drug-likeness (QED) is 0.0338. The fourth-order valence-electron chi connectivity index (χ4n) is 11.0. The third-order valence-corrected chi connectivity index (χ3v) is 16.5. The van der Waals surface area contributed by atoms with Gasteiger partial charge in [-0.3, -0.25) is 28.6 Å². The van der Waals surface area contributed by atoms with Gasteiger partial charge in [0.2, 0.25) is 35.5 Å². The number of hydrogen-bond acceptors (Lipinski definition) is 14. The van der Waals surface area contributed by atoms with Crippen LogP contribution in [0.5, 0.6) is 0 Å². The highest BCUT2D eigenvalue weighted by Crippen LogP contribution is 2.34. The molecule has 5 N–H and O–H groups in total. The molecule has 9 rings (SSSR count). The predicted molar refractivity (Wildman–Crippen MR) is 313 cm³/mol. The number of β-amino-alcohol motifs (C(OH)–C–C–N with tert-alkyl or cyclic N) is 1. The first-order valence-corrected chi connectivity index (χ1v) is 28.9. The highest BCUT2D eigenvalue weighted by atomic mass is 32.1. The second-order valence-corrected chi connectivity index (χ2v) is 23.2. The third kappa shape index (κ3) is 14.2. The molecule has 3 fully saturated rings. The molecule has 0 radical (unpaired) electrons. The van der Waals surface area contributed by atoms with Gasteiger partial charge in [0.1, 0.15) is 17.6 Å². The van der Waals surface area contributed by atoms with Crippen molar-refractivity contribution in [1.82, 2.24) is 49.8 Å². The number of aromatic nitrogens is 5. The number of anilines is 5. The molecule has 0 aliphatic carbocycles. The summed E-state index contributed by atoms with van der Waals surface area (Å²) in [6.45, 7) is 19.5. The average molecular weight is 1090 g/mol. The van der Waals surface area contributed by atoms with Crippen LogP contribution >= 0.6 is 11.3 Å². The van der Waals surface area contributed by atoms with Crippen LogP contribution in [0.25, 0.3) is 21.6 Å². The van der Waals surface area contributed by atoms with E-state index in [1.165, 1.54) is 16.7 Å². The van der Waals surface area contributed by atoms with Crippen LogP contribution < -0.4 is 26.2 Å². The lowest BCUT2D eigenvalue weighted by Gasteiger charge is -2.36. The molecule has 0 unspecified atom stereocenters. The Kier molecular flexibility index (Phi) is 18.4. The van der Waals surface area contributed by atoms with Crippen LogP contribution in [0, 0.1) is 12.3 Å². The highest BCUT2D eigenvalue weighted by molar-refractivity contribution is 7.13. The van der Waals surface area contributed by atoms with Crippen molar-refractivity contribution >= 4 is 75.1 Å². The zero-order chi connectivity index (χ0) is 55.6. The molecular formula is C60H77N13O5S. The van der Waals surface area contributed by atoms with Gasteiger partial charge < -0.3 is 41.1 Å². The number of aryl methyl sites for hydroxylation is 1. The minimum atomic E-state index is -0.854. The SMILES string of the molecule is C=CC(=O)N1CCC[C@H](n2c(Nc3ccccc3)nc3cnc(Nc4ccc(N5CCN(CCCCCCCC(=O)N[C@H](C(=O)N6C[C@@H](O)C[C@H]6C(=O)N[C@@H](C)c6ccc(-c7scnc7C)cc6)C(C)(C)C)CC5)cc4)nc32)C1. The Morgan fingerprint density at radius 3 is 2.27 bits per heavy atom. The molecule has 5 atom stereocenters. The van der Waals surface area contributed by atoms with Gasteiger partial charge in [-0.1, -0.05) is 89.1 Å². The van der Waals surface area contributed by atoms with Crippen LogP contribution in [0.3, 0.4) is 0 Å². The maximum Gasteiger partial charge on any atom is 0.246 e. The van der Waals surface area contributed by atoms with E-state index in [4.69, 9.17) is 9.97 Å². The van der Waals surface area contributed by atoms with Gasteiger partial charge in [0.25, 0.3) is 0 Å². The lowest BCUT2D eigenvalue weighted by Crippen LogP contribution is -2.57. The average Bonchev–Trinajstić information content (AvgIpc) is 4.28. The fraction of sp³-hybridized carbons (Fsp3) is 0.467. The van der Waals surface area contributed by atoms with Crippen molar-refractivity contribution in [3.05, 3.63) is 114 Å². The van der Waals surface area contributed by atoms with Crippen molar-refractivity contribution in [3.63, 3.8) is 0 Å². The van der Waals surface area contributed by atoms with Crippen LogP contribution in [0.4, 0.5) is 29.0 Å². The molecule has 3 aromatic heterocycles. The molecule has 418 valence electrons. The number of nitrogens with zero attached hydrogens (tertiary/aromatic N) is 9. The molecule has 0 bridgehead atoms. The van der Waals surface area contributed by atoms with Crippen LogP contribution in [-0.2, 0) is 19.2 Å². The number of benzene rings is 3. The van der Waals surface area contributed by atoms with Crippen LogP contribution in [0.1, 0.15) is 109 Å². The second kappa shape index (κ2) is 25.7. The smallest absolute Gasteiger partial charge is 0.246 e. The summed E-state index contributed by atoms with van der Waals surface area (Å²) in [4.78, 5) is 82.1. The van der Waals surface area contributed by atoms with Gasteiger partial charge >= 0.3 is 0 Å². The summed E-state index contributed by atoms with van der Waals surface area (Å²) in [6, 6.07) is 24.3. The Bertz CT molecular complexity index is 3040. The number of piperazine rings is 1. The van der Waals surface area contributed by atoms with Crippen molar-refractivity contribution in [3.8, 4) is 10.4 Å². The number of aliphatic hydroxyl groups is 1. The Morgan fingerprint density at radius 1 is 0.835 bits per heavy atom. The number of aliphatic hydroxyl groups excluding tert-OH is 1. The van der Waals surface area contributed by atoms with Crippen molar-refractivity contribution < 1.29 is 24.3 Å². The summed E-state index contributed by atoms with van der Waals surface area (Å²) in [6.07, 6.45) is 9.31. The van der Waals surface area contributed by atoms with Gasteiger partial charge in [-0.2, -0.15) is 4.98 Å². The lowest BCUT2D eigenvalue weighted by molar-refractivity contribution is -0.144. The standard InChI is InChI=1S/C60H77N13O5S/c1-7-52(76)71-30-16-19-47(37-71)73-55-49(66-59(73)65-44-17-12-11-13-18-44)36-61-58(68-55)64-45-25-27-46(28-26-45)70-33-31-69(32-34-70)29-15-10-8-9-14-20-51(75)67-54(60(4,5)6)57(78)72-38-48(74)35-50(72)56(77)63-40(2)42-21-23-43(24-22-42)53-41(3)62-39-79-53/h7,11-13,17-18,21-28,36,39-40,47-48,50,54,74H,1,8-10,14-16,19-20,29-35,37-38H2,2-6H3,(H,63,77)(H,65,66)(H,67,75)(H,61,64,68)/t40-,47-,48-,50-,54+/m0/s1. The largest absolute Gasteiger partial charge is 0.391 e. The lowest BCUT2D eigenvalue weighted by atomic mass is 9.85. The number of para-hydroxylation sites is 1. The maximum atomic E-state index is 14.2. The van der Waals surface area contributed by atoms with Crippen LogP contribution in [0.2, 0.25) is 0 Å². The molecule has 3 saturated heterocycles. The van der Waals surface area contributed by atoms with E-state index in [1.54, 1.807) is 17.5 Å². The van der Waals surface area contributed by atoms with Crippen molar-refractivity contribution in [1.29, 1.82) is 0 Å². The summed E-state index contributed by atoms with van der Waals surface area (Å²) in [5.41, 5.74) is 8.48. The Hall–Kier alpha value is -7.22. The molecule has 3 aliphatic heterocycles. The topological polar surface area (TPSA) is 206 Å². The number of carbonyl (C=O) groups is 4. The number of carbonyl (C=O) groups excluding carboxylic acids is 4. The molecule has 18 nitrogen and oxygen atoms in total. The van der Waals surface area contributed by atoms with E-state index in [-0.39, 0.29) is 48.7 Å². The summed E-state index contributed by atoms with van der Waals surface area (Å²) >= 11 is 1.59. The highest BCUT2D eigenvalue weighted by Gasteiger charge is 2.45. The minimum absolute atomic E-state index is 0.0314. The third-order valence-electron chi connectivity index (χ3n) is 15.5. The number of nitrogens with one attached hydrogen (secondary N) is 4. The first-order chi connectivity index (χ1) is 38.1. The molecule has 0 spiro atoms. The van der Waals surface area contributed by atoms with E-state index >= 15 is 0 Å². The molecule has 3 aliphatic rings. The second-order valence-electron chi connectivity index (χ2n) is 22.4. The number of fused-ring (bicyclic) bond motifs is 1. The molecular weight excluding hydrogens is 1010 g/mol. The molecule has 79 heavy (non-hydrogen) atoms. The zero-order valence-electron chi connectivity index (χ0n) is 46.4. The van der Waals surface area contributed by atoms with Gasteiger partial charge in [0.15, 0.2) is 5.65 Å². The van der Waals surface area contributed by atoms with Gasteiger partial charge in [0.05, 0.1) is 40.5 Å². The number of imidazole rings is 1. The van der Waals surface area contributed by atoms with E-state index < -0.39 is 23.6 Å².